The first-order valence-corrected chi connectivity index (χ1v) is 17.0. The Hall–Kier alpha value is -3.31. The molecule has 2 heterocycles. The summed E-state index contributed by atoms with van der Waals surface area (Å²) in [5.74, 6) is 0.961. The second-order valence-corrected chi connectivity index (χ2v) is 15.6. The molecule has 46 heavy (non-hydrogen) atoms. The van der Waals surface area contributed by atoms with E-state index < -0.39 is 5.66 Å². The highest BCUT2D eigenvalue weighted by molar-refractivity contribution is 6.40. The monoisotopic (exact) mass is 631 g/mol. The Bertz CT molecular complexity index is 1350. The molecule has 1 spiro atoms. The minimum Gasteiger partial charge on any atom is -0.344 e. The van der Waals surface area contributed by atoms with Gasteiger partial charge in [0.25, 0.3) is 11.8 Å². The molecule has 10 heteroatoms. The van der Waals surface area contributed by atoms with Crippen LogP contribution in [0.4, 0.5) is 0 Å². The van der Waals surface area contributed by atoms with Gasteiger partial charge in [-0.15, -0.1) is 5.53 Å². The molecule has 2 saturated heterocycles. The Morgan fingerprint density at radius 1 is 1.04 bits per heavy atom. The number of amides is 2. The van der Waals surface area contributed by atoms with Gasteiger partial charge in [0.05, 0.1) is 12.6 Å². The van der Waals surface area contributed by atoms with Gasteiger partial charge in [0, 0.05) is 12.1 Å². The van der Waals surface area contributed by atoms with Crippen LogP contribution in [0.25, 0.3) is 0 Å². The number of aliphatic imine (C=N–C) groups is 1. The fraction of sp³-hybridized carbons (Fsp3) is 0.583. The standard InChI is InChI=1S/C36H54N8O2/c1-34(2,3)20-18-29(26-12-14-27(15-13-26)32(45)38-24-30-40-42-43-41-30)44-33(46)31(37-23-19-25-10-8-7-9-11-25)39-36(44)21-16-28(17-22-36)35(4,5)6/h7-15,28-30,40-43H,16-24H2,1-6H3,(H,37,39)(H,38,45)/p+1/t28?,29-,36?/m1/s1. The van der Waals surface area contributed by atoms with Crippen LogP contribution in [0.1, 0.15) is 108 Å². The fourth-order valence-corrected chi connectivity index (χ4v) is 7.06. The molecule has 7 N–H and O–H groups in total. The van der Waals surface area contributed by atoms with Gasteiger partial charge >= 0.3 is 0 Å². The van der Waals surface area contributed by atoms with E-state index in [0.717, 1.165) is 50.5 Å². The zero-order chi connectivity index (χ0) is 33.0. The third-order valence-corrected chi connectivity index (χ3v) is 9.92. The van der Waals surface area contributed by atoms with E-state index in [9.17, 15) is 9.59 Å². The molecular formula is C36H55N8O2+. The van der Waals surface area contributed by atoms with Crippen LogP contribution < -0.4 is 32.6 Å². The van der Waals surface area contributed by atoms with Crippen LogP contribution in [0.5, 0.6) is 0 Å². The largest absolute Gasteiger partial charge is 0.344 e. The van der Waals surface area contributed by atoms with E-state index in [4.69, 9.17) is 4.99 Å². The van der Waals surface area contributed by atoms with Crippen molar-refractivity contribution in [1.82, 2.24) is 32.0 Å². The Kier molecular flexibility index (Phi) is 10.5. The van der Waals surface area contributed by atoms with E-state index in [1.54, 1.807) is 0 Å². The number of quaternary nitrogens is 1. The van der Waals surface area contributed by atoms with Crippen molar-refractivity contribution in [3.8, 4) is 0 Å². The lowest BCUT2D eigenvalue weighted by Crippen LogP contribution is -2.96. The maximum absolute atomic E-state index is 14.5. The molecule has 2 aromatic rings. The van der Waals surface area contributed by atoms with Crippen LogP contribution in [-0.2, 0) is 11.2 Å². The predicted molar refractivity (Wildman–Crippen MR) is 182 cm³/mol. The summed E-state index contributed by atoms with van der Waals surface area (Å²) in [7, 11) is 0. The fourth-order valence-electron chi connectivity index (χ4n) is 7.06. The molecule has 3 fully saturated rings. The molecule has 1 saturated carbocycles. The van der Waals surface area contributed by atoms with E-state index in [1.807, 2.05) is 47.9 Å². The van der Waals surface area contributed by atoms with Crippen molar-refractivity contribution >= 4 is 17.6 Å². The highest BCUT2D eigenvalue weighted by Gasteiger charge is 2.53. The van der Waals surface area contributed by atoms with E-state index in [1.165, 1.54) is 5.56 Å². The molecule has 2 atom stereocenters. The normalized spacial score (nSPS) is 25.2. The topological polar surface area (TPSA) is 126 Å². The summed E-state index contributed by atoms with van der Waals surface area (Å²) < 4.78 is 0. The van der Waals surface area contributed by atoms with E-state index in [0.29, 0.717) is 30.4 Å². The Morgan fingerprint density at radius 2 is 1.74 bits per heavy atom. The molecule has 1 aliphatic carbocycles. The molecule has 2 amide bonds. The van der Waals surface area contributed by atoms with Gasteiger partial charge in [-0.3, -0.25) is 14.6 Å². The van der Waals surface area contributed by atoms with Gasteiger partial charge in [0.1, 0.15) is 5.66 Å². The van der Waals surface area contributed by atoms with Crippen molar-refractivity contribution in [2.45, 2.75) is 104 Å². The minimum absolute atomic E-state index is 0.00629. The van der Waals surface area contributed by atoms with Crippen LogP contribution in [0, 0.1) is 16.7 Å². The van der Waals surface area contributed by atoms with Crippen LogP contribution >= 0.6 is 0 Å². The number of nitrogens with zero attached hydrogens (tertiary/aromatic N) is 2. The van der Waals surface area contributed by atoms with Crippen molar-refractivity contribution in [2.75, 3.05) is 13.1 Å². The first-order valence-electron chi connectivity index (χ1n) is 17.0. The number of hydrogen-bond donors (Lipinski definition) is 6. The van der Waals surface area contributed by atoms with Crippen LogP contribution in [0.15, 0.2) is 59.6 Å². The van der Waals surface area contributed by atoms with Crippen LogP contribution in [0.2, 0.25) is 0 Å². The summed E-state index contributed by atoms with van der Waals surface area (Å²) in [6, 6.07) is 18.0. The summed E-state index contributed by atoms with van der Waals surface area (Å²) in [6.45, 7) is 14.8. The molecule has 2 aromatic carbocycles. The van der Waals surface area contributed by atoms with Gasteiger partial charge in [0.15, 0.2) is 12.0 Å². The number of hydrogen-bond acceptors (Lipinski definition) is 6. The van der Waals surface area contributed by atoms with Gasteiger partial charge in [-0.2, -0.15) is 5.43 Å². The zero-order valence-corrected chi connectivity index (χ0v) is 28.6. The Morgan fingerprint density at radius 3 is 2.35 bits per heavy atom. The lowest BCUT2D eigenvalue weighted by Gasteiger charge is -2.48. The van der Waals surface area contributed by atoms with Crippen molar-refractivity contribution in [3.63, 3.8) is 0 Å². The number of rotatable bonds is 10. The number of carbonyl (C=O) groups excluding carboxylic acids is 2. The molecule has 0 radical (unpaired) electrons. The van der Waals surface area contributed by atoms with Gasteiger partial charge in [-0.1, -0.05) is 89.5 Å². The number of carbonyl (C=O) groups is 2. The Labute approximate surface area is 274 Å². The number of amidine groups is 1. The van der Waals surface area contributed by atoms with E-state index >= 15 is 0 Å². The number of nitrogens with two attached hydrogens (primary N) is 1. The smallest absolute Gasteiger partial charge is 0.291 e. The van der Waals surface area contributed by atoms with Crippen molar-refractivity contribution in [1.29, 1.82) is 0 Å². The lowest BCUT2D eigenvalue weighted by molar-refractivity contribution is -0.725. The highest BCUT2D eigenvalue weighted by Crippen LogP contribution is 2.48. The third-order valence-electron chi connectivity index (χ3n) is 9.92. The highest BCUT2D eigenvalue weighted by atomic mass is 16.2. The predicted octanol–water partition coefficient (Wildman–Crippen LogP) is 3.71. The number of benzene rings is 2. The van der Waals surface area contributed by atoms with E-state index in [2.05, 4.69) is 85.7 Å². The summed E-state index contributed by atoms with van der Waals surface area (Å²) in [4.78, 5) is 34.5. The molecule has 250 valence electrons. The lowest BCUT2D eigenvalue weighted by atomic mass is 9.69. The molecule has 3 aliphatic rings. The van der Waals surface area contributed by atoms with Crippen LogP contribution in [0.3, 0.4) is 0 Å². The first-order chi connectivity index (χ1) is 21.8. The quantitative estimate of drug-likeness (QED) is 0.222. The van der Waals surface area contributed by atoms with E-state index in [-0.39, 0.29) is 34.9 Å². The second-order valence-electron chi connectivity index (χ2n) is 15.6. The average molecular weight is 632 g/mol. The van der Waals surface area contributed by atoms with Gasteiger partial charge in [0.2, 0.25) is 0 Å². The zero-order valence-electron chi connectivity index (χ0n) is 28.6. The second kappa shape index (κ2) is 14.2. The summed E-state index contributed by atoms with van der Waals surface area (Å²) in [6.07, 6.45) is 6.47. The SMILES string of the molecule is CC(C)(C)CC[C@H](c1ccc(C(=O)NCC2NNN[NH2+]2)cc1)N1C(=O)C(=NCCc2ccccc2)NC12CCC(C(C)(C)C)CC2. The third kappa shape index (κ3) is 8.34. The molecule has 0 bridgehead atoms. The maximum atomic E-state index is 14.5. The van der Waals surface area contributed by atoms with Gasteiger partial charge in [-0.05, 0) is 85.0 Å². The van der Waals surface area contributed by atoms with Crippen molar-refractivity contribution in [2.24, 2.45) is 21.7 Å². The first kappa shape index (κ1) is 34.0. The van der Waals surface area contributed by atoms with Crippen molar-refractivity contribution < 1.29 is 15.0 Å². The minimum atomic E-state index is -0.476. The van der Waals surface area contributed by atoms with Crippen molar-refractivity contribution in [3.05, 3.63) is 71.3 Å². The summed E-state index contributed by atoms with van der Waals surface area (Å²) in [5, 5.41) is 6.72. The summed E-state index contributed by atoms with van der Waals surface area (Å²) in [5.41, 5.74) is 13.3. The van der Waals surface area contributed by atoms with Gasteiger partial charge in [-0.25, -0.2) is 5.43 Å². The molecule has 0 aromatic heterocycles. The number of nitrogens with one attached hydrogen (secondary N) is 5. The molecule has 2 aliphatic heterocycles. The van der Waals surface area contributed by atoms with Gasteiger partial charge < -0.3 is 15.5 Å². The summed E-state index contributed by atoms with van der Waals surface area (Å²) >= 11 is 0. The number of hydrazine groups is 2. The molecule has 1 unspecified atom stereocenters. The maximum Gasteiger partial charge on any atom is 0.291 e. The molecular weight excluding hydrogens is 576 g/mol. The Balaban J connectivity index is 1.42. The molecule has 10 nitrogen and oxygen atoms in total. The van der Waals surface area contributed by atoms with Crippen LogP contribution in [-0.4, -0.2) is 47.5 Å². The average Bonchev–Trinajstić information content (AvgIpc) is 3.63. The molecule has 5 rings (SSSR count).